The zero-order valence-electron chi connectivity index (χ0n) is 15.6. The molecule has 1 atom stereocenters. The first-order chi connectivity index (χ1) is 13.1. The molecule has 1 aliphatic heterocycles. The number of nitrogens with zero attached hydrogens (tertiary/aromatic N) is 2. The van der Waals surface area contributed by atoms with Gasteiger partial charge in [0.1, 0.15) is 0 Å². The van der Waals surface area contributed by atoms with Gasteiger partial charge in [0.2, 0.25) is 11.8 Å². The molecule has 1 aliphatic rings. The summed E-state index contributed by atoms with van der Waals surface area (Å²) in [5.41, 5.74) is 7.73. The van der Waals surface area contributed by atoms with Crippen molar-refractivity contribution in [3.63, 3.8) is 0 Å². The molecule has 2 N–H and O–H groups in total. The third kappa shape index (κ3) is 5.41. The summed E-state index contributed by atoms with van der Waals surface area (Å²) in [5, 5.41) is 0. The Hall–Kier alpha value is -2.66. The Labute approximate surface area is 160 Å². The highest BCUT2D eigenvalue weighted by Gasteiger charge is 2.29. The fraction of sp³-hybridized carbons (Fsp3) is 0.364. The van der Waals surface area contributed by atoms with Gasteiger partial charge < -0.3 is 10.6 Å². The standard InChI is InChI=1S/C22H27N3O2/c23-22(27)20-13-7-8-14-24(20)17-21(26)25(15-18-9-3-1-4-10-18)16-19-11-5-2-6-12-19/h1-6,9-12,20H,7-8,13-17H2,(H2,23,27)/t20-/m0/s1. The van der Waals surface area contributed by atoms with Gasteiger partial charge in [-0.15, -0.1) is 0 Å². The molecule has 0 aliphatic carbocycles. The number of piperidine rings is 1. The van der Waals surface area contributed by atoms with Crippen molar-refractivity contribution in [2.75, 3.05) is 13.1 Å². The molecule has 0 bridgehead atoms. The van der Waals surface area contributed by atoms with E-state index >= 15 is 0 Å². The summed E-state index contributed by atoms with van der Waals surface area (Å²) >= 11 is 0. The lowest BCUT2D eigenvalue weighted by Crippen LogP contribution is -2.51. The lowest BCUT2D eigenvalue weighted by molar-refractivity contribution is -0.136. The van der Waals surface area contributed by atoms with Crippen molar-refractivity contribution in [1.29, 1.82) is 0 Å². The molecule has 1 fully saturated rings. The van der Waals surface area contributed by atoms with E-state index < -0.39 is 0 Å². The van der Waals surface area contributed by atoms with Crippen LogP contribution in [-0.2, 0) is 22.7 Å². The van der Waals surface area contributed by atoms with Crippen LogP contribution >= 0.6 is 0 Å². The lowest BCUT2D eigenvalue weighted by Gasteiger charge is -2.34. The number of primary amides is 1. The van der Waals surface area contributed by atoms with E-state index in [-0.39, 0.29) is 24.4 Å². The quantitative estimate of drug-likeness (QED) is 0.820. The Morgan fingerprint density at radius 1 is 0.926 bits per heavy atom. The number of benzene rings is 2. The number of likely N-dealkylation sites (tertiary alicyclic amines) is 1. The number of carbonyl (C=O) groups excluding carboxylic acids is 2. The molecular weight excluding hydrogens is 338 g/mol. The summed E-state index contributed by atoms with van der Waals surface area (Å²) in [6.07, 6.45) is 2.71. The topological polar surface area (TPSA) is 66.6 Å². The maximum absolute atomic E-state index is 13.1. The van der Waals surface area contributed by atoms with E-state index in [1.54, 1.807) is 0 Å². The van der Waals surface area contributed by atoms with E-state index in [2.05, 4.69) is 0 Å². The highest BCUT2D eigenvalue weighted by Crippen LogP contribution is 2.18. The first kappa shape index (κ1) is 19.1. The summed E-state index contributed by atoms with van der Waals surface area (Å²) in [6, 6.07) is 19.6. The van der Waals surface area contributed by atoms with Crippen LogP contribution in [0.5, 0.6) is 0 Å². The molecule has 142 valence electrons. The van der Waals surface area contributed by atoms with Crippen molar-refractivity contribution in [2.24, 2.45) is 5.73 Å². The lowest BCUT2D eigenvalue weighted by atomic mass is 10.0. The summed E-state index contributed by atoms with van der Waals surface area (Å²) in [5.74, 6) is -0.309. The van der Waals surface area contributed by atoms with Crippen LogP contribution < -0.4 is 5.73 Å². The van der Waals surface area contributed by atoms with E-state index in [9.17, 15) is 9.59 Å². The highest BCUT2D eigenvalue weighted by atomic mass is 16.2. The van der Waals surface area contributed by atoms with E-state index in [0.29, 0.717) is 13.1 Å². The maximum Gasteiger partial charge on any atom is 0.237 e. The summed E-state index contributed by atoms with van der Waals surface area (Å²) < 4.78 is 0. The van der Waals surface area contributed by atoms with Gasteiger partial charge in [0, 0.05) is 13.1 Å². The Balaban J connectivity index is 1.74. The van der Waals surface area contributed by atoms with Gasteiger partial charge in [0.25, 0.3) is 0 Å². The largest absolute Gasteiger partial charge is 0.368 e. The minimum absolute atomic E-state index is 0.0239. The van der Waals surface area contributed by atoms with Crippen LogP contribution in [-0.4, -0.2) is 40.7 Å². The van der Waals surface area contributed by atoms with Crippen molar-refractivity contribution in [3.05, 3.63) is 71.8 Å². The Morgan fingerprint density at radius 2 is 1.48 bits per heavy atom. The molecule has 0 spiro atoms. The average Bonchev–Trinajstić information content (AvgIpc) is 2.69. The summed E-state index contributed by atoms with van der Waals surface area (Å²) in [7, 11) is 0. The number of carbonyl (C=O) groups is 2. The Kier molecular flexibility index (Phi) is 6.60. The minimum Gasteiger partial charge on any atom is -0.368 e. The molecule has 5 heteroatoms. The molecule has 0 unspecified atom stereocenters. The maximum atomic E-state index is 13.1. The van der Waals surface area contributed by atoms with E-state index in [0.717, 1.165) is 36.9 Å². The van der Waals surface area contributed by atoms with Crippen LogP contribution in [0.15, 0.2) is 60.7 Å². The number of rotatable bonds is 7. The van der Waals surface area contributed by atoms with Crippen LogP contribution in [0, 0.1) is 0 Å². The first-order valence-corrected chi connectivity index (χ1v) is 9.52. The van der Waals surface area contributed by atoms with Gasteiger partial charge in [0.15, 0.2) is 0 Å². The zero-order chi connectivity index (χ0) is 19.1. The second-order valence-corrected chi connectivity index (χ2v) is 7.11. The Bertz CT molecular complexity index is 707. The third-order valence-electron chi connectivity index (χ3n) is 5.07. The number of nitrogens with two attached hydrogens (primary N) is 1. The molecule has 2 aromatic rings. The van der Waals surface area contributed by atoms with Gasteiger partial charge in [-0.2, -0.15) is 0 Å². The zero-order valence-corrected chi connectivity index (χ0v) is 15.6. The second kappa shape index (κ2) is 9.33. The molecule has 5 nitrogen and oxygen atoms in total. The molecular formula is C22H27N3O2. The van der Waals surface area contributed by atoms with Crippen molar-refractivity contribution in [1.82, 2.24) is 9.80 Å². The third-order valence-corrected chi connectivity index (χ3v) is 5.07. The molecule has 2 amide bonds. The Morgan fingerprint density at radius 3 is 2.00 bits per heavy atom. The predicted molar refractivity (Wildman–Crippen MR) is 106 cm³/mol. The predicted octanol–water partition coefficient (Wildman–Crippen LogP) is 2.56. The fourth-order valence-corrected chi connectivity index (χ4v) is 3.62. The van der Waals surface area contributed by atoms with Crippen LogP contribution in [0.2, 0.25) is 0 Å². The number of amides is 2. The molecule has 0 saturated carbocycles. The summed E-state index contributed by atoms with van der Waals surface area (Å²) in [6.45, 7) is 2.06. The van der Waals surface area contributed by atoms with E-state index in [1.807, 2.05) is 70.5 Å². The SMILES string of the molecule is NC(=O)[C@@H]1CCCCN1CC(=O)N(Cc1ccccc1)Cc1ccccc1. The van der Waals surface area contributed by atoms with Crippen LogP contribution in [0.1, 0.15) is 30.4 Å². The molecule has 27 heavy (non-hydrogen) atoms. The van der Waals surface area contributed by atoms with E-state index in [1.165, 1.54) is 0 Å². The highest BCUT2D eigenvalue weighted by molar-refractivity contribution is 5.82. The van der Waals surface area contributed by atoms with Crippen molar-refractivity contribution in [3.8, 4) is 0 Å². The van der Waals surface area contributed by atoms with Crippen molar-refractivity contribution in [2.45, 2.75) is 38.4 Å². The van der Waals surface area contributed by atoms with Crippen LogP contribution in [0.3, 0.4) is 0 Å². The molecule has 1 saturated heterocycles. The van der Waals surface area contributed by atoms with Gasteiger partial charge in [-0.25, -0.2) is 0 Å². The van der Waals surface area contributed by atoms with Crippen LogP contribution in [0.25, 0.3) is 0 Å². The van der Waals surface area contributed by atoms with E-state index in [4.69, 9.17) is 5.73 Å². The average molecular weight is 365 g/mol. The fourth-order valence-electron chi connectivity index (χ4n) is 3.62. The van der Waals surface area contributed by atoms with Gasteiger partial charge in [0.05, 0.1) is 12.6 Å². The van der Waals surface area contributed by atoms with Crippen molar-refractivity contribution < 1.29 is 9.59 Å². The molecule has 3 rings (SSSR count). The monoisotopic (exact) mass is 365 g/mol. The molecule has 0 aromatic heterocycles. The van der Waals surface area contributed by atoms with Gasteiger partial charge in [-0.3, -0.25) is 14.5 Å². The minimum atomic E-state index is -0.335. The molecule has 0 radical (unpaired) electrons. The smallest absolute Gasteiger partial charge is 0.237 e. The second-order valence-electron chi connectivity index (χ2n) is 7.11. The van der Waals surface area contributed by atoms with Crippen molar-refractivity contribution >= 4 is 11.8 Å². The number of hydrogen-bond donors (Lipinski definition) is 1. The van der Waals surface area contributed by atoms with Gasteiger partial charge in [-0.05, 0) is 30.5 Å². The molecule has 1 heterocycles. The van der Waals surface area contributed by atoms with Gasteiger partial charge in [-0.1, -0.05) is 67.1 Å². The first-order valence-electron chi connectivity index (χ1n) is 9.52. The summed E-state index contributed by atoms with van der Waals surface area (Å²) in [4.78, 5) is 28.7. The van der Waals surface area contributed by atoms with Gasteiger partial charge >= 0.3 is 0 Å². The normalized spacial score (nSPS) is 17.4. The molecule has 2 aromatic carbocycles. The van der Waals surface area contributed by atoms with Crippen LogP contribution in [0.4, 0.5) is 0 Å². The number of hydrogen-bond acceptors (Lipinski definition) is 3.